The molecule has 1 N–H and O–H groups in total. The molecule has 0 radical (unpaired) electrons. The molecule has 5 nitrogen and oxygen atoms in total. The van der Waals surface area contributed by atoms with Gasteiger partial charge in [-0.15, -0.1) is 0 Å². The Bertz CT molecular complexity index is 786. The van der Waals surface area contributed by atoms with E-state index in [1.54, 1.807) is 13.2 Å². The predicted octanol–water partition coefficient (Wildman–Crippen LogP) is 1.89. The number of rotatable bonds is 2. The standard InChI is InChI=1S/C14H14N4O/c1-3-11-10(9-5-4-6-15-8-9)7-12-13(16-11)18(2)14(19)17-12/h4-8H,3H2,1-2H3,(H,17,19). The summed E-state index contributed by atoms with van der Waals surface area (Å²) in [5.74, 6) is 0. The Balaban J connectivity index is 2.33. The Morgan fingerprint density at radius 3 is 2.95 bits per heavy atom. The number of H-pyrrole nitrogens is 1. The van der Waals surface area contributed by atoms with Crippen molar-refractivity contribution in [2.45, 2.75) is 13.3 Å². The second-order valence-electron chi connectivity index (χ2n) is 4.44. The molecule has 0 aliphatic rings. The lowest BCUT2D eigenvalue weighted by molar-refractivity contribution is 0.872. The van der Waals surface area contributed by atoms with Crippen molar-refractivity contribution in [3.63, 3.8) is 0 Å². The van der Waals surface area contributed by atoms with Crippen LogP contribution in [0.5, 0.6) is 0 Å². The summed E-state index contributed by atoms with van der Waals surface area (Å²) in [5.41, 5.74) is 4.30. The number of imidazole rings is 1. The van der Waals surface area contributed by atoms with Crippen LogP contribution in [0.4, 0.5) is 0 Å². The van der Waals surface area contributed by atoms with Crippen LogP contribution in [0.3, 0.4) is 0 Å². The normalized spacial score (nSPS) is 11.1. The van der Waals surface area contributed by atoms with Gasteiger partial charge in [-0.3, -0.25) is 9.55 Å². The lowest BCUT2D eigenvalue weighted by Gasteiger charge is -2.07. The number of pyridine rings is 2. The van der Waals surface area contributed by atoms with Gasteiger partial charge in [0.05, 0.1) is 11.2 Å². The topological polar surface area (TPSA) is 63.6 Å². The number of aromatic amines is 1. The summed E-state index contributed by atoms with van der Waals surface area (Å²) < 4.78 is 1.53. The molecule has 3 aromatic rings. The van der Waals surface area contributed by atoms with Gasteiger partial charge in [0, 0.05) is 30.6 Å². The molecule has 0 aromatic carbocycles. The average molecular weight is 254 g/mol. The molecule has 3 rings (SSSR count). The number of fused-ring (bicyclic) bond motifs is 1. The summed E-state index contributed by atoms with van der Waals surface area (Å²) >= 11 is 0. The molecule has 3 heterocycles. The van der Waals surface area contributed by atoms with Crippen molar-refractivity contribution in [3.05, 3.63) is 46.8 Å². The molecular formula is C14H14N4O. The van der Waals surface area contributed by atoms with E-state index in [0.717, 1.165) is 28.8 Å². The molecule has 0 spiro atoms. The zero-order valence-electron chi connectivity index (χ0n) is 10.8. The first-order chi connectivity index (χ1) is 9.20. The zero-order chi connectivity index (χ0) is 13.4. The first kappa shape index (κ1) is 11.6. The Morgan fingerprint density at radius 2 is 2.26 bits per heavy atom. The van der Waals surface area contributed by atoms with Crippen molar-refractivity contribution in [2.75, 3.05) is 0 Å². The fourth-order valence-corrected chi connectivity index (χ4v) is 2.22. The summed E-state index contributed by atoms with van der Waals surface area (Å²) in [6.45, 7) is 2.05. The first-order valence-electron chi connectivity index (χ1n) is 6.19. The van der Waals surface area contributed by atoms with Gasteiger partial charge in [0.1, 0.15) is 0 Å². The zero-order valence-corrected chi connectivity index (χ0v) is 10.8. The molecule has 0 aliphatic carbocycles. The van der Waals surface area contributed by atoms with Crippen LogP contribution in [0.1, 0.15) is 12.6 Å². The average Bonchev–Trinajstić information content (AvgIpc) is 2.73. The SMILES string of the molecule is CCc1nc2c(cc1-c1cccnc1)[nH]c(=O)n2C. The third-order valence-electron chi connectivity index (χ3n) is 3.25. The van der Waals surface area contributed by atoms with Gasteiger partial charge in [-0.2, -0.15) is 0 Å². The van der Waals surface area contributed by atoms with E-state index in [2.05, 4.69) is 21.9 Å². The van der Waals surface area contributed by atoms with Crippen molar-refractivity contribution in [1.29, 1.82) is 0 Å². The van der Waals surface area contributed by atoms with Crippen molar-refractivity contribution < 1.29 is 0 Å². The van der Waals surface area contributed by atoms with Crippen molar-refractivity contribution in [2.24, 2.45) is 7.05 Å². The molecule has 0 amide bonds. The lowest BCUT2D eigenvalue weighted by Crippen LogP contribution is -2.12. The van der Waals surface area contributed by atoms with Gasteiger partial charge in [0.25, 0.3) is 0 Å². The minimum Gasteiger partial charge on any atom is -0.304 e. The molecule has 5 heteroatoms. The maximum atomic E-state index is 11.6. The van der Waals surface area contributed by atoms with E-state index >= 15 is 0 Å². The molecule has 0 saturated heterocycles. The molecule has 19 heavy (non-hydrogen) atoms. The van der Waals surface area contributed by atoms with Gasteiger partial charge >= 0.3 is 5.69 Å². The fraction of sp³-hybridized carbons (Fsp3) is 0.214. The van der Waals surface area contributed by atoms with Crippen molar-refractivity contribution in [1.82, 2.24) is 19.5 Å². The maximum Gasteiger partial charge on any atom is 0.327 e. The van der Waals surface area contributed by atoms with Gasteiger partial charge in [-0.05, 0) is 18.6 Å². The molecule has 0 bridgehead atoms. The van der Waals surface area contributed by atoms with Crippen LogP contribution in [0.25, 0.3) is 22.3 Å². The molecule has 0 unspecified atom stereocenters. The Morgan fingerprint density at radius 1 is 1.42 bits per heavy atom. The third kappa shape index (κ3) is 1.83. The minimum atomic E-state index is -0.145. The number of aryl methyl sites for hydroxylation is 2. The number of nitrogens with zero attached hydrogens (tertiary/aromatic N) is 3. The van der Waals surface area contributed by atoms with E-state index in [0.29, 0.717) is 5.65 Å². The summed E-state index contributed by atoms with van der Waals surface area (Å²) in [6.07, 6.45) is 4.36. The van der Waals surface area contributed by atoms with Crippen LogP contribution in [0.2, 0.25) is 0 Å². The second kappa shape index (κ2) is 4.35. The van der Waals surface area contributed by atoms with Crippen LogP contribution < -0.4 is 5.69 Å². The van der Waals surface area contributed by atoms with Gasteiger partial charge in [-0.1, -0.05) is 13.0 Å². The van der Waals surface area contributed by atoms with E-state index in [1.807, 2.05) is 24.4 Å². The number of nitrogens with one attached hydrogen (secondary N) is 1. The van der Waals surface area contributed by atoms with Crippen molar-refractivity contribution in [3.8, 4) is 11.1 Å². The molecule has 0 atom stereocenters. The largest absolute Gasteiger partial charge is 0.327 e. The van der Waals surface area contributed by atoms with E-state index in [-0.39, 0.29) is 5.69 Å². The molecular weight excluding hydrogens is 240 g/mol. The first-order valence-corrected chi connectivity index (χ1v) is 6.19. The van der Waals surface area contributed by atoms with E-state index in [4.69, 9.17) is 0 Å². The lowest BCUT2D eigenvalue weighted by atomic mass is 10.0. The summed E-state index contributed by atoms with van der Waals surface area (Å²) in [6, 6.07) is 5.86. The van der Waals surface area contributed by atoms with Gasteiger partial charge in [-0.25, -0.2) is 9.78 Å². The quantitative estimate of drug-likeness (QED) is 0.759. The van der Waals surface area contributed by atoms with Crippen LogP contribution in [0, 0.1) is 0 Å². The highest BCUT2D eigenvalue weighted by Gasteiger charge is 2.11. The van der Waals surface area contributed by atoms with Gasteiger partial charge < -0.3 is 4.98 Å². The highest BCUT2D eigenvalue weighted by Crippen LogP contribution is 2.25. The highest BCUT2D eigenvalue weighted by atomic mass is 16.1. The predicted molar refractivity (Wildman–Crippen MR) is 73.9 cm³/mol. The second-order valence-corrected chi connectivity index (χ2v) is 4.44. The molecule has 0 aliphatic heterocycles. The van der Waals surface area contributed by atoms with Crippen LogP contribution >= 0.6 is 0 Å². The third-order valence-corrected chi connectivity index (χ3v) is 3.25. The molecule has 0 fully saturated rings. The molecule has 3 aromatic heterocycles. The fourth-order valence-electron chi connectivity index (χ4n) is 2.22. The highest BCUT2D eigenvalue weighted by molar-refractivity contribution is 5.79. The Hall–Kier alpha value is -2.43. The Labute approximate surface area is 110 Å². The van der Waals surface area contributed by atoms with E-state index in [9.17, 15) is 4.79 Å². The summed E-state index contributed by atoms with van der Waals surface area (Å²) in [5, 5.41) is 0. The Kier molecular flexibility index (Phi) is 2.67. The number of aromatic nitrogens is 4. The van der Waals surface area contributed by atoms with Gasteiger partial charge in [0.15, 0.2) is 5.65 Å². The molecule has 96 valence electrons. The number of hydrogen-bond acceptors (Lipinski definition) is 3. The maximum absolute atomic E-state index is 11.6. The monoisotopic (exact) mass is 254 g/mol. The van der Waals surface area contributed by atoms with E-state index < -0.39 is 0 Å². The number of hydrogen-bond donors (Lipinski definition) is 1. The van der Waals surface area contributed by atoms with Gasteiger partial charge in [0.2, 0.25) is 0 Å². The smallest absolute Gasteiger partial charge is 0.304 e. The van der Waals surface area contributed by atoms with E-state index in [1.165, 1.54) is 4.57 Å². The van der Waals surface area contributed by atoms with Crippen LogP contribution in [0.15, 0.2) is 35.4 Å². The minimum absolute atomic E-state index is 0.145. The summed E-state index contributed by atoms with van der Waals surface area (Å²) in [7, 11) is 1.72. The molecule has 0 saturated carbocycles. The van der Waals surface area contributed by atoms with Crippen LogP contribution in [-0.4, -0.2) is 19.5 Å². The summed E-state index contributed by atoms with van der Waals surface area (Å²) in [4.78, 5) is 23.2. The van der Waals surface area contributed by atoms with Crippen molar-refractivity contribution >= 4 is 11.2 Å². The van der Waals surface area contributed by atoms with Crippen LogP contribution in [-0.2, 0) is 13.5 Å².